The number of fused-ring (bicyclic) bond motifs is 2. The van der Waals surface area contributed by atoms with Gasteiger partial charge in [-0.15, -0.1) is 0 Å². The molecule has 0 heterocycles. The lowest BCUT2D eigenvalue weighted by atomic mass is 9.92. The molecule has 4 aromatic rings. The van der Waals surface area contributed by atoms with Crippen molar-refractivity contribution in [3.63, 3.8) is 0 Å². The van der Waals surface area contributed by atoms with Crippen molar-refractivity contribution in [2.75, 3.05) is 13.7 Å². The van der Waals surface area contributed by atoms with Crippen molar-refractivity contribution in [1.82, 2.24) is 0 Å². The second kappa shape index (κ2) is 7.38. The number of hydrogen-bond donors (Lipinski definition) is 0. The van der Waals surface area contributed by atoms with Crippen LogP contribution in [0.25, 0.3) is 32.7 Å². The highest BCUT2D eigenvalue weighted by molar-refractivity contribution is 6.09. The maximum atomic E-state index is 13.7. The zero-order chi connectivity index (χ0) is 19.7. The minimum absolute atomic E-state index is 0.183. The number of benzene rings is 4. The van der Waals surface area contributed by atoms with E-state index in [1.165, 1.54) is 48.5 Å². The van der Waals surface area contributed by atoms with E-state index in [-0.39, 0.29) is 11.5 Å². The van der Waals surface area contributed by atoms with Crippen LogP contribution in [0.5, 0.6) is 11.5 Å². The number of ether oxygens (including phenoxy) is 2. The van der Waals surface area contributed by atoms with Crippen molar-refractivity contribution in [3.05, 3.63) is 72.3 Å². The molecule has 0 saturated heterocycles. The summed E-state index contributed by atoms with van der Waals surface area (Å²) in [5, 5.41) is 2.22. The van der Waals surface area contributed by atoms with Crippen LogP contribution in [-0.4, -0.2) is 13.7 Å². The van der Waals surface area contributed by atoms with Gasteiger partial charge in [-0.25, -0.2) is 17.6 Å². The summed E-state index contributed by atoms with van der Waals surface area (Å²) in [5.74, 6) is -0.500. The molecular weight excluding hydrogens is 372 g/mol. The van der Waals surface area contributed by atoms with Gasteiger partial charge in [-0.2, -0.15) is 0 Å². The van der Waals surface area contributed by atoms with E-state index in [4.69, 9.17) is 9.47 Å². The molecular formula is C22H14F4O2. The molecule has 0 N–H and O–H groups in total. The van der Waals surface area contributed by atoms with Crippen LogP contribution in [-0.2, 0) is 0 Å². The highest BCUT2D eigenvalue weighted by Crippen LogP contribution is 2.45. The van der Waals surface area contributed by atoms with Crippen LogP contribution in [0.15, 0.2) is 60.7 Å². The predicted molar refractivity (Wildman–Crippen MR) is 100 cm³/mol. The third-order valence-electron chi connectivity index (χ3n) is 4.56. The second-order valence-electron chi connectivity index (χ2n) is 6.12. The number of hydrogen-bond acceptors (Lipinski definition) is 2. The van der Waals surface area contributed by atoms with Gasteiger partial charge in [-0.1, -0.05) is 24.3 Å². The van der Waals surface area contributed by atoms with E-state index < -0.39 is 25.4 Å². The Kier molecular flexibility index (Phi) is 4.77. The quantitative estimate of drug-likeness (QED) is 0.362. The summed E-state index contributed by atoms with van der Waals surface area (Å²) in [6.07, 6.45) is 0. The number of halogens is 4. The Bertz CT molecular complexity index is 1080. The van der Waals surface area contributed by atoms with Gasteiger partial charge in [0.1, 0.15) is 23.1 Å². The molecule has 4 aromatic carbocycles. The molecule has 0 fully saturated rings. The molecule has 0 aliphatic carbocycles. The largest absolute Gasteiger partial charge is 0.462 e. The summed E-state index contributed by atoms with van der Waals surface area (Å²) >= 11 is 0. The van der Waals surface area contributed by atoms with Gasteiger partial charge in [0, 0.05) is 11.1 Å². The molecule has 0 spiro atoms. The molecule has 142 valence electrons. The maximum absolute atomic E-state index is 13.7. The monoisotopic (exact) mass is 386 g/mol. The first-order chi connectivity index (χ1) is 13.6. The SMILES string of the molecule is FCOc1ccc2cc(F)ccc2c1-c1c(OCF)ccc2cc(F)ccc12. The van der Waals surface area contributed by atoms with Crippen LogP contribution in [0.1, 0.15) is 0 Å². The van der Waals surface area contributed by atoms with E-state index in [9.17, 15) is 17.6 Å². The third-order valence-corrected chi connectivity index (χ3v) is 4.56. The summed E-state index contributed by atoms with van der Waals surface area (Å²) in [6, 6.07) is 14.5. The summed E-state index contributed by atoms with van der Waals surface area (Å²) in [7, 11) is 0. The number of rotatable bonds is 5. The van der Waals surface area contributed by atoms with Gasteiger partial charge < -0.3 is 9.47 Å². The molecule has 2 nitrogen and oxygen atoms in total. The normalized spacial score (nSPS) is 11.1. The standard InChI is InChI=1S/C22H14F4O2/c23-11-27-19-7-1-13-9-15(25)3-5-17(13)21(19)22-18-6-4-16(26)10-14(18)2-8-20(22)28-12-24/h1-10H,11-12H2. The van der Waals surface area contributed by atoms with Crippen LogP contribution >= 0.6 is 0 Å². The molecule has 0 aliphatic heterocycles. The highest BCUT2D eigenvalue weighted by Gasteiger charge is 2.19. The molecule has 4 rings (SSSR count). The minimum atomic E-state index is -1.08. The zero-order valence-electron chi connectivity index (χ0n) is 14.5. The van der Waals surface area contributed by atoms with Crippen molar-refractivity contribution in [2.24, 2.45) is 0 Å². The van der Waals surface area contributed by atoms with Crippen molar-refractivity contribution in [3.8, 4) is 22.6 Å². The van der Waals surface area contributed by atoms with E-state index in [2.05, 4.69) is 0 Å². The van der Waals surface area contributed by atoms with Gasteiger partial charge in [0.2, 0.25) is 13.7 Å². The summed E-state index contributed by atoms with van der Waals surface area (Å²) in [6.45, 7) is -2.17. The third kappa shape index (κ3) is 3.11. The Labute approximate surface area is 157 Å². The molecule has 28 heavy (non-hydrogen) atoms. The first kappa shape index (κ1) is 18.1. The predicted octanol–water partition coefficient (Wildman–Crippen LogP) is 6.55. The maximum Gasteiger partial charge on any atom is 0.228 e. The van der Waals surface area contributed by atoms with Gasteiger partial charge in [0.05, 0.1) is 0 Å². The number of alkyl halides is 2. The van der Waals surface area contributed by atoms with E-state index >= 15 is 0 Å². The zero-order valence-corrected chi connectivity index (χ0v) is 14.5. The summed E-state index contributed by atoms with van der Waals surface area (Å²) in [4.78, 5) is 0. The molecule has 0 unspecified atom stereocenters. The topological polar surface area (TPSA) is 18.5 Å². The highest BCUT2D eigenvalue weighted by atomic mass is 19.1. The van der Waals surface area contributed by atoms with E-state index in [0.717, 1.165) is 0 Å². The molecule has 0 aromatic heterocycles. The molecule has 0 saturated carbocycles. The van der Waals surface area contributed by atoms with Crippen molar-refractivity contribution < 1.29 is 27.0 Å². The second-order valence-corrected chi connectivity index (χ2v) is 6.12. The first-order valence-electron chi connectivity index (χ1n) is 8.45. The lowest BCUT2D eigenvalue weighted by molar-refractivity contribution is 0.190. The summed E-state index contributed by atoms with van der Waals surface area (Å²) < 4.78 is 63.8. The minimum Gasteiger partial charge on any atom is -0.462 e. The smallest absolute Gasteiger partial charge is 0.228 e. The Morgan fingerprint density at radius 3 is 1.39 bits per heavy atom. The fourth-order valence-corrected chi connectivity index (χ4v) is 3.44. The van der Waals surface area contributed by atoms with Crippen LogP contribution in [0.3, 0.4) is 0 Å². The molecule has 0 aliphatic rings. The van der Waals surface area contributed by atoms with E-state index in [0.29, 0.717) is 32.7 Å². The fourth-order valence-electron chi connectivity index (χ4n) is 3.44. The van der Waals surface area contributed by atoms with Crippen molar-refractivity contribution in [1.29, 1.82) is 0 Å². The van der Waals surface area contributed by atoms with Gasteiger partial charge in [-0.3, -0.25) is 0 Å². The average molecular weight is 386 g/mol. The van der Waals surface area contributed by atoms with E-state index in [1.54, 1.807) is 12.1 Å². The van der Waals surface area contributed by atoms with Crippen molar-refractivity contribution >= 4 is 21.5 Å². The molecule has 6 heteroatoms. The van der Waals surface area contributed by atoms with Gasteiger partial charge in [0.25, 0.3) is 0 Å². The van der Waals surface area contributed by atoms with Gasteiger partial charge in [-0.05, 0) is 57.9 Å². The Balaban J connectivity index is 2.15. The van der Waals surface area contributed by atoms with Crippen LogP contribution < -0.4 is 9.47 Å². The first-order valence-corrected chi connectivity index (χ1v) is 8.45. The fraction of sp³-hybridized carbons (Fsp3) is 0.0909. The molecule has 0 radical (unpaired) electrons. The Hall–Kier alpha value is -3.28. The van der Waals surface area contributed by atoms with Gasteiger partial charge in [0.15, 0.2) is 0 Å². The van der Waals surface area contributed by atoms with Crippen LogP contribution in [0.4, 0.5) is 17.6 Å². The lowest BCUT2D eigenvalue weighted by Gasteiger charge is -2.18. The van der Waals surface area contributed by atoms with E-state index in [1.807, 2.05) is 0 Å². The molecule has 0 bridgehead atoms. The Morgan fingerprint density at radius 2 is 1.00 bits per heavy atom. The summed E-state index contributed by atoms with van der Waals surface area (Å²) in [5.41, 5.74) is 0.826. The Morgan fingerprint density at radius 1 is 0.571 bits per heavy atom. The molecule has 0 atom stereocenters. The van der Waals surface area contributed by atoms with Gasteiger partial charge >= 0.3 is 0 Å². The average Bonchev–Trinajstić information content (AvgIpc) is 2.68. The van der Waals surface area contributed by atoms with Crippen LogP contribution in [0.2, 0.25) is 0 Å². The van der Waals surface area contributed by atoms with Crippen molar-refractivity contribution in [2.45, 2.75) is 0 Å². The molecule has 0 amide bonds. The lowest BCUT2D eigenvalue weighted by Crippen LogP contribution is -1.99. The van der Waals surface area contributed by atoms with Crippen LogP contribution in [0, 0.1) is 11.6 Å².